The molecule has 3 heteroatoms. The van der Waals surface area contributed by atoms with Gasteiger partial charge in [0.2, 0.25) is 0 Å². The molecule has 1 saturated carbocycles. The third-order valence-electron chi connectivity index (χ3n) is 2.12. The van der Waals surface area contributed by atoms with Gasteiger partial charge in [0.25, 0.3) is 0 Å². The first-order chi connectivity index (χ1) is 4.38. The number of nitrogens with one attached hydrogen (secondary N) is 1. The quantitative estimate of drug-likeness (QED) is 0.675. The summed E-state index contributed by atoms with van der Waals surface area (Å²) >= 11 is 0. The molecule has 2 atom stereocenters. The molecule has 62 valence electrons. The fourth-order valence-corrected chi connectivity index (χ4v) is 1.34. The maximum Gasteiger partial charge on any atom is 0.0611 e. The van der Waals surface area contributed by atoms with Gasteiger partial charge in [0.1, 0.15) is 0 Å². The predicted molar refractivity (Wildman–Crippen MR) is 44.7 cm³/mol. The number of ether oxygens (including phenoxy) is 1. The van der Waals surface area contributed by atoms with E-state index in [-0.39, 0.29) is 12.4 Å². The van der Waals surface area contributed by atoms with E-state index in [0.29, 0.717) is 6.10 Å². The van der Waals surface area contributed by atoms with Crippen LogP contribution in [0.5, 0.6) is 0 Å². The molecular weight excluding hydrogens is 150 g/mol. The molecule has 0 amide bonds. The van der Waals surface area contributed by atoms with Gasteiger partial charge in [0.15, 0.2) is 0 Å². The van der Waals surface area contributed by atoms with Crippen LogP contribution in [0.2, 0.25) is 0 Å². The molecule has 0 aliphatic heterocycles. The minimum Gasteiger partial charge on any atom is -0.381 e. The fourth-order valence-electron chi connectivity index (χ4n) is 1.34. The molecule has 0 heterocycles. The van der Waals surface area contributed by atoms with Gasteiger partial charge in [-0.3, -0.25) is 0 Å². The van der Waals surface area contributed by atoms with Gasteiger partial charge in [-0.15, -0.1) is 12.4 Å². The van der Waals surface area contributed by atoms with Crippen LogP contribution in [0.1, 0.15) is 12.8 Å². The molecule has 0 saturated heterocycles. The van der Waals surface area contributed by atoms with E-state index in [1.165, 1.54) is 12.8 Å². The lowest BCUT2D eigenvalue weighted by molar-refractivity contribution is -0.0146. The molecule has 0 aromatic carbocycles. The van der Waals surface area contributed by atoms with Gasteiger partial charge < -0.3 is 10.1 Å². The largest absolute Gasteiger partial charge is 0.381 e. The van der Waals surface area contributed by atoms with Crippen molar-refractivity contribution in [3.63, 3.8) is 0 Å². The molecule has 1 N–H and O–H groups in total. The highest BCUT2D eigenvalue weighted by Crippen LogP contribution is 2.28. The van der Waals surface area contributed by atoms with Crippen molar-refractivity contribution in [1.82, 2.24) is 5.32 Å². The van der Waals surface area contributed by atoms with Crippen molar-refractivity contribution in [3.05, 3.63) is 0 Å². The van der Waals surface area contributed by atoms with Gasteiger partial charge in [-0.25, -0.2) is 0 Å². The Morgan fingerprint density at radius 2 is 2.20 bits per heavy atom. The van der Waals surface area contributed by atoms with E-state index in [1.807, 2.05) is 7.05 Å². The van der Waals surface area contributed by atoms with Crippen LogP contribution >= 0.6 is 12.4 Å². The standard InChI is InChI=1S/C7H15NO.ClH/c1-8-5-6-3-4-7(6)9-2;/h6-8H,3-5H2,1-2H3;1H/t6-,7+;/m0./s1. The molecule has 1 aliphatic carbocycles. The lowest BCUT2D eigenvalue weighted by atomic mass is 9.82. The Balaban J connectivity index is 0.000000810. The maximum absolute atomic E-state index is 5.21. The molecule has 0 bridgehead atoms. The van der Waals surface area contributed by atoms with Crippen molar-refractivity contribution < 1.29 is 4.74 Å². The maximum atomic E-state index is 5.21. The molecule has 0 spiro atoms. The summed E-state index contributed by atoms with van der Waals surface area (Å²) in [6.45, 7) is 1.11. The molecule has 2 nitrogen and oxygen atoms in total. The van der Waals surface area contributed by atoms with Gasteiger partial charge in [0.05, 0.1) is 6.10 Å². The Labute approximate surface area is 68.7 Å². The lowest BCUT2D eigenvalue weighted by Crippen LogP contribution is -2.39. The Morgan fingerprint density at radius 1 is 1.50 bits per heavy atom. The number of hydrogen-bond acceptors (Lipinski definition) is 2. The average molecular weight is 166 g/mol. The average Bonchev–Trinajstić information content (AvgIpc) is 1.82. The minimum absolute atomic E-state index is 0. The van der Waals surface area contributed by atoms with Crippen LogP contribution in [0.15, 0.2) is 0 Å². The van der Waals surface area contributed by atoms with Crippen LogP contribution in [0, 0.1) is 5.92 Å². The Bertz CT molecular complexity index is 87.7. The topological polar surface area (TPSA) is 21.3 Å². The number of halogens is 1. The molecule has 1 fully saturated rings. The zero-order valence-electron chi connectivity index (χ0n) is 6.59. The predicted octanol–water partition coefficient (Wildman–Crippen LogP) is 1.05. The third-order valence-corrected chi connectivity index (χ3v) is 2.12. The second-order valence-electron chi connectivity index (χ2n) is 2.67. The highest BCUT2D eigenvalue weighted by molar-refractivity contribution is 5.85. The van der Waals surface area contributed by atoms with Crippen LogP contribution in [-0.2, 0) is 4.74 Å². The number of rotatable bonds is 3. The second-order valence-corrected chi connectivity index (χ2v) is 2.67. The van der Waals surface area contributed by atoms with Crippen molar-refractivity contribution in [2.45, 2.75) is 18.9 Å². The van der Waals surface area contributed by atoms with Crippen molar-refractivity contribution in [2.75, 3.05) is 20.7 Å². The summed E-state index contributed by atoms with van der Waals surface area (Å²) in [4.78, 5) is 0. The van der Waals surface area contributed by atoms with Crippen LogP contribution < -0.4 is 5.32 Å². The first kappa shape index (κ1) is 10.2. The van der Waals surface area contributed by atoms with Crippen LogP contribution in [0.4, 0.5) is 0 Å². The first-order valence-electron chi connectivity index (χ1n) is 3.56. The van der Waals surface area contributed by atoms with E-state index in [1.54, 1.807) is 7.11 Å². The van der Waals surface area contributed by atoms with E-state index >= 15 is 0 Å². The monoisotopic (exact) mass is 165 g/mol. The molecular formula is C7H16ClNO. The van der Waals surface area contributed by atoms with E-state index < -0.39 is 0 Å². The smallest absolute Gasteiger partial charge is 0.0611 e. The van der Waals surface area contributed by atoms with E-state index in [4.69, 9.17) is 4.74 Å². The molecule has 10 heavy (non-hydrogen) atoms. The Kier molecular flexibility index (Phi) is 5.04. The molecule has 0 aromatic rings. The van der Waals surface area contributed by atoms with Gasteiger partial charge in [-0.05, 0) is 25.8 Å². The first-order valence-corrected chi connectivity index (χ1v) is 3.56. The summed E-state index contributed by atoms with van der Waals surface area (Å²) in [7, 11) is 3.79. The van der Waals surface area contributed by atoms with E-state index in [9.17, 15) is 0 Å². The zero-order chi connectivity index (χ0) is 6.69. The molecule has 0 aromatic heterocycles. The lowest BCUT2D eigenvalue weighted by Gasteiger charge is -2.35. The summed E-state index contributed by atoms with van der Waals surface area (Å²) < 4.78 is 5.21. The normalized spacial score (nSPS) is 30.6. The summed E-state index contributed by atoms with van der Waals surface area (Å²) in [5.74, 6) is 0.778. The third kappa shape index (κ3) is 2.11. The fraction of sp³-hybridized carbons (Fsp3) is 1.00. The van der Waals surface area contributed by atoms with Crippen molar-refractivity contribution >= 4 is 12.4 Å². The Morgan fingerprint density at radius 3 is 2.50 bits per heavy atom. The van der Waals surface area contributed by atoms with E-state index in [2.05, 4.69) is 5.32 Å². The van der Waals surface area contributed by atoms with Crippen LogP contribution in [-0.4, -0.2) is 26.8 Å². The summed E-state index contributed by atoms with van der Waals surface area (Å²) in [5, 5.41) is 3.15. The van der Waals surface area contributed by atoms with Gasteiger partial charge in [0, 0.05) is 13.7 Å². The molecule has 1 rings (SSSR count). The minimum atomic E-state index is 0. The molecule has 0 radical (unpaired) electrons. The summed E-state index contributed by atoms with van der Waals surface area (Å²) in [6.07, 6.45) is 3.12. The van der Waals surface area contributed by atoms with Gasteiger partial charge in [-0.1, -0.05) is 0 Å². The van der Waals surface area contributed by atoms with Gasteiger partial charge in [-0.2, -0.15) is 0 Å². The Hall–Kier alpha value is 0.210. The summed E-state index contributed by atoms with van der Waals surface area (Å²) in [6, 6.07) is 0. The summed E-state index contributed by atoms with van der Waals surface area (Å²) in [5.41, 5.74) is 0. The van der Waals surface area contributed by atoms with Crippen LogP contribution in [0.25, 0.3) is 0 Å². The van der Waals surface area contributed by atoms with Crippen molar-refractivity contribution in [3.8, 4) is 0 Å². The highest BCUT2D eigenvalue weighted by Gasteiger charge is 2.29. The number of hydrogen-bond donors (Lipinski definition) is 1. The van der Waals surface area contributed by atoms with Crippen LogP contribution in [0.3, 0.4) is 0 Å². The van der Waals surface area contributed by atoms with Crippen molar-refractivity contribution in [1.29, 1.82) is 0 Å². The molecule has 0 unspecified atom stereocenters. The van der Waals surface area contributed by atoms with Crippen molar-refractivity contribution in [2.24, 2.45) is 5.92 Å². The molecule has 1 aliphatic rings. The van der Waals surface area contributed by atoms with E-state index in [0.717, 1.165) is 12.5 Å². The second kappa shape index (κ2) is 4.94. The SMILES string of the molecule is CNC[C@@H]1CC[C@H]1OC.Cl. The zero-order valence-corrected chi connectivity index (χ0v) is 7.41. The number of methoxy groups -OCH3 is 1. The highest BCUT2D eigenvalue weighted by atomic mass is 35.5. The van der Waals surface area contributed by atoms with Gasteiger partial charge >= 0.3 is 0 Å².